The molecule has 0 bridgehead atoms. The second-order valence-electron chi connectivity index (χ2n) is 6.65. The molecule has 1 aromatic carbocycles. The van der Waals surface area contributed by atoms with E-state index in [0.29, 0.717) is 11.5 Å². The number of rotatable bonds is 5. The molecule has 1 fully saturated rings. The van der Waals surface area contributed by atoms with Gasteiger partial charge in [-0.3, -0.25) is 0 Å². The molecule has 1 saturated heterocycles. The van der Waals surface area contributed by atoms with Gasteiger partial charge in [-0.1, -0.05) is 59.6 Å². The zero-order valence-electron chi connectivity index (χ0n) is 15.0. The van der Waals surface area contributed by atoms with Gasteiger partial charge in [0.05, 0.1) is 12.7 Å². The molecule has 1 heterocycles. The molecule has 0 aromatic heterocycles. The van der Waals surface area contributed by atoms with E-state index >= 15 is 0 Å². The van der Waals surface area contributed by atoms with E-state index in [2.05, 4.69) is 34.1 Å². The highest BCUT2D eigenvalue weighted by atomic mass is 79.9. The van der Waals surface area contributed by atoms with Gasteiger partial charge >= 0.3 is 5.97 Å². The molecular weight excluding hydrogens is 379 g/mol. The molecule has 6 heteroatoms. The third kappa shape index (κ3) is 4.88. The van der Waals surface area contributed by atoms with Crippen LogP contribution < -0.4 is 5.32 Å². The maximum Gasteiger partial charge on any atom is 0.340 e. The molecule has 1 aliphatic rings. The highest BCUT2D eigenvalue weighted by Gasteiger charge is 2.28. The Morgan fingerprint density at radius 1 is 1.40 bits per heavy atom. The Kier molecular flexibility index (Phi) is 7.13. The van der Waals surface area contributed by atoms with Crippen LogP contribution in [0.25, 0.3) is 5.57 Å². The summed E-state index contributed by atoms with van der Waals surface area (Å²) in [5.41, 5.74) is 2.18. The first kappa shape index (κ1) is 19.6. The molecule has 132 valence electrons. The first-order valence-corrected chi connectivity index (χ1v) is 9.47. The largest absolute Gasteiger partial charge is 0.465 e. The van der Waals surface area contributed by atoms with Crippen LogP contribution in [-0.2, 0) is 9.53 Å². The Hall–Kier alpha value is -1.74. The van der Waals surface area contributed by atoms with Gasteiger partial charge in [0.25, 0.3) is 6.71 Å². The molecular formula is C19H24BBrN2O2. The van der Waals surface area contributed by atoms with Crippen molar-refractivity contribution in [1.82, 2.24) is 5.32 Å². The Balaban J connectivity index is 2.20. The first-order chi connectivity index (χ1) is 12.0. The first-order valence-electron chi connectivity index (χ1n) is 8.68. The molecule has 1 unspecified atom stereocenters. The van der Waals surface area contributed by atoms with E-state index in [1.807, 2.05) is 31.2 Å². The van der Waals surface area contributed by atoms with E-state index in [4.69, 9.17) is 10.00 Å². The molecule has 1 aliphatic heterocycles. The second kappa shape index (κ2) is 9.10. The van der Waals surface area contributed by atoms with E-state index in [0.717, 1.165) is 41.2 Å². The molecule has 4 nitrogen and oxygen atoms in total. The van der Waals surface area contributed by atoms with E-state index in [-0.39, 0.29) is 18.7 Å². The van der Waals surface area contributed by atoms with Crippen LogP contribution in [0.1, 0.15) is 32.3 Å². The number of benzene rings is 1. The number of methoxy groups -OCH3 is 1. The third-order valence-corrected chi connectivity index (χ3v) is 5.70. The number of nitrogens with one attached hydrogen (secondary N) is 1. The lowest BCUT2D eigenvalue weighted by Crippen LogP contribution is -2.36. The fourth-order valence-corrected chi connectivity index (χ4v) is 3.99. The van der Waals surface area contributed by atoms with Crippen LogP contribution in [0.15, 0.2) is 34.4 Å². The van der Waals surface area contributed by atoms with Gasteiger partial charge < -0.3 is 10.1 Å². The van der Waals surface area contributed by atoms with Crippen LogP contribution in [-0.4, -0.2) is 25.8 Å². The summed E-state index contributed by atoms with van der Waals surface area (Å²) in [4.78, 5) is 12.4. The fourth-order valence-electron chi connectivity index (χ4n) is 3.51. The van der Waals surface area contributed by atoms with E-state index in [1.165, 1.54) is 7.11 Å². The van der Waals surface area contributed by atoms with Gasteiger partial charge in [-0.05, 0) is 25.8 Å². The highest BCUT2D eigenvalue weighted by Crippen LogP contribution is 2.30. The summed E-state index contributed by atoms with van der Waals surface area (Å²) in [7, 11) is 1.40. The predicted molar refractivity (Wildman–Crippen MR) is 105 cm³/mol. The Bertz CT molecular complexity index is 691. The number of ether oxygens (including phenoxy) is 1. The Labute approximate surface area is 158 Å². The van der Waals surface area contributed by atoms with Gasteiger partial charge in [0.2, 0.25) is 0 Å². The van der Waals surface area contributed by atoms with Crippen LogP contribution in [0.4, 0.5) is 0 Å². The van der Waals surface area contributed by atoms with Crippen molar-refractivity contribution in [2.24, 2.45) is 5.92 Å². The lowest BCUT2D eigenvalue weighted by atomic mass is 9.41. The van der Waals surface area contributed by atoms with Crippen molar-refractivity contribution < 1.29 is 9.53 Å². The minimum atomic E-state index is -0.350. The van der Waals surface area contributed by atoms with Crippen LogP contribution in [0, 0.1) is 17.1 Å². The number of hydrogen-bond acceptors (Lipinski definition) is 4. The zero-order valence-corrected chi connectivity index (χ0v) is 16.6. The van der Waals surface area contributed by atoms with Crippen molar-refractivity contribution in [3.8, 4) is 5.97 Å². The molecule has 1 N–H and O–H groups in total. The smallest absolute Gasteiger partial charge is 0.340 e. The molecule has 0 saturated carbocycles. The van der Waals surface area contributed by atoms with Crippen molar-refractivity contribution in [2.75, 3.05) is 7.11 Å². The van der Waals surface area contributed by atoms with Crippen molar-refractivity contribution >= 4 is 34.2 Å². The minimum absolute atomic E-state index is 0.200. The van der Waals surface area contributed by atoms with Crippen molar-refractivity contribution in [3.05, 3.63) is 40.0 Å². The van der Waals surface area contributed by atoms with Gasteiger partial charge in [-0.2, -0.15) is 0 Å². The van der Waals surface area contributed by atoms with Gasteiger partial charge in [-0.25, -0.2) is 10.1 Å². The average molecular weight is 403 g/mol. The third-order valence-electron chi connectivity index (χ3n) is 5.01. The van der Waals surface area contributed by atoms with Crippen molar-refractivity contribution in [1.29, 1.82) is 5.26 Å². The molecule has 2 rings (SSSR count). The molecule has 0 radical (unpaired) electrons. The van der Waals surface area contributed by atoms with Crippen LogP contribution in [0.2, 0.25) is 12.6 Å². The zero-order chi connectivity index (χ0) is 18.4. The summed E-state index contributed by atoms with van der Waals surface area (Å²) in [6.07, 6.45) is 4.01. The number of carbonyl (C=O) groups is 1. The number of allylic oxidation sites excluding steroid dienone is 1. The predicted octanol–water partition coefficient (Wildman–Crippen LogP) is 4.30. The number of carbonyl (C=O) groups excluding carboxylic acids is 1. The maximum atomic E-state index is 12.4. The van der Waals surface area contributed by atoms with Gasteiger partial charge in [0.15, 0.2) is 0 Å². The standard InChI is InChI=1S/C19H24BBrN2O2/c1-13(15-8-10-20(12-22)11-9-15)23-14(2)18(19(24)25-3)16-6-4-5-7-17(16)21/h4-7,13,15,23H,8-11H2,1-3H3/b18-14+. The monoisotopic (exact) mass is 402 g/mol. The normalized spacial score (nSPS) is 17.3. The Morgan fingerprint density at radius 2 is 2.04 bits per heavy atom. The summed E-state index contributed by atoms with van der Waals surface area (Å²) < 4.78 is 5.86. The summed E-state index contributed by atoms with van der Waals surface area (Å²) >= 11 is 3.52. The minimum Gasteiger partial charge on any atom is -0.465 e. The fraction of sp³-hybridized carbons (Fsp3) is 0.474. The average Bonchev–Trinajstić information content (AvgIpc) is 2.63. The Morgan fingerprint density at radius 3 is 2.60 bits per heavy atom. The lowest BCUT2D eigenvalue weighted by molar-refractivity contribution is -0.133. The number of nitriles is 1. The van der Waals surface area contributed by atoms with Crippen LogP contribution in [0.5, 0.6) is 0 Å². The number of hydrogen-bond donors (Lipinski definition) is 1. The van der Waals surface area contributed by atoms with Gasteiger partial charge in [-0.15, -0.1) is 0 Å². The molecule has 0 amide bonds. The SMILES string of the molecule is COC(=O)/C(=C(\C)NC(C)C1CCB(C#N)CC1)c1ccccc1Br. The van der Waals surface area contributed by atoms with Crippen LogP contribution in [0.3, 0.4) is 0 Å². The lowest BCUT2D eigenvalue weighted by Gasteiger charge is -2.30. The topological polar surface area (TPSA) is 62.1 Å². The summed E-state index contributed by atoms with van der Waals surface area (Å²) in [5.74, 6) is 2.54. The van der Waals surface area contributed by atoms with E-state index in [9.17, 15) is 4.79 Å². The molecule has 0 spiro atoms. The van der Waals surface area contributed by atoms with Gasteiger partial charge in [0.1, 0.15) is 0 Å². The number of halogens is 1. The second-order valence-corrected chi connectivity index (χ2v) is 7.50. The van der Waals surface area contributed by atoms with Crippen molar-refractivity contribution in [3.63, 3.8) is 0 Å². The van der Waals surface area contributed by atoms with E-state index < -0.39 is 0 Å². The molecule has 1 atom stereocenters. The number of esters is 1. The maximum absolute atomic E-state index is 12.4. The van der Waals surface area contributed by atoms with Crippen LogP contribution >= 0.6 is 15.9 Å². The summed E-state index contributed by atoms with van der Waals surface area (Å²) in [5, 5.41) is 12.5. The quantitative estimate of drug-likeness (QED) is 0.453. The molecule has 1 aromatic rings. The summed E-state index contributed by atoms with van der Waals surface area (Å²) in [6, 6.07) is 7.88. The highest BCUT2D eigenvalue weighted by molar-refractivity contribution is 9.10. The molecule has 0 aliphatic carbocycles. The molecule has 25 heavy (non-hydrogen) atoms. The van der Waals surface area contributed by atoms with E-state index in [1.54, 1.807) is 0 Å². The van der Waals surface area contributed by atoms with Crippen molar-refractivity contribution in [2.45, 2.75) is 45.4 Å². The van der Waals surface area contributed by atoms with Gasteiger partial charge in [0, 0.05) is 27.7 Å². The summed E-state index contributed by atoms with van der Waals surface area (Å²) in [6.45, 7) is 4.27. The number of nitrogens with zero attached hydrogens (tertiary/aromatic N) is 1.